The highest BCUT2D eigenvalue weighted by Crippen LogP contribution is 2.28. The van der Waals surface area contributed by atoms with Crippen LogP contribution in [0.5, 0.6) is 0 Å². The fourth-order valence-electron chi connectivity index (χ4n) is 1.46. The van der Waals surface area contributed by atoms with E-state index in [-0.39, 0.29) is 0 Å². The summed E-state index contributed by atoms with van der Waals surface area (Å²) in [6, 6.07) is 3.90. The van der Waals surface area contributed by atoms with Gasteiger partial charge in [-0.1, -0.05) is 11.6 Å². The maximum Gasteiger partial charge on any atom is 0.116 e. The van der Waals surface area contributed by atoms with Crippen molar-refractivity contribution in [3.8, 4) is 0 Å². The van der Waals surface area contributed by atoms with Crippen LogP contribution in [0.1, 0.15) is 11.1 Å². The van der Waals surface area contributed by atoms with E-state index in [1.807, 2.05) is 19.1 Å². The molecule has 1 heterocycles. The van der Waals surface area contributed by atoms with Gasteiger partial charge in [0.05, 0.1) is 6.61 Å². The molecule has 0 aliphatic carbocycles. The second-order valence-electron chi connectivity index (χ2n) is 2.93. The van der Waals surface area contributed by atoms with Crippen molar-refractivity contribution in [1.82, 2.24) is 0 Å². The van der Waals surface area contributed by atoms with Gasteiger partial charge in [-0.15, -0.1) is 0 Å². The maximum atomic E-state index is 5.90. The average Bonchev–Trinajstić information content (AvgIpc) is 2.04. The van der Waals surface area contributed by atoms with Crippen molar-refractivity contribution in [3.05, 3.63) is 28.3 Å². The van der Waals surface area contributed by atoms with Crippen LogP contribution in [0.3, 0.4) is 0 Å². The Morgan fingerprint density at radius 2 is 2.33 bits per heavy atom. The molecule has 1 aromatic carbocycles. The maximum absolute atomic E-state index is 5.90. The number of nitrogens with one attached hydrogen (secondary N) is 1. The lowest BCUT2D eigenvalue weighted by atomic mass is 10.1. The molecule has 0 unspecified atom stereocenters. The van der Waals surface area contributed by atoms with Crippen molar-refractivity contribution in [2.45, 2.75) is 13.5 Å². The van der Waals surface area contributed by atoms with Crippen LogP contribution in [-0.4, -0.2) is 6.73 Å². The van der Waals surface area contributed by atoms with Crippen molar-refractivity contribution in [3.63, 3.8) is 0 Å². The van der Waals surface area contributed by atoms with E-state index in [4.69, 9.17) is 16.3 Å². The van der Waals surface area contributed by atoms with Gasteiger partial charge in [-0.05, 0) is 24.6 Å². The van der Waals surface area contributed by atoms with E-state index in [0.29, 0.717) is 13.3 Å². The third-order valence-electron chi connectivity index (χ3n) is 1.99. The molecular formula is C9H10ClNO. The Labute approximate surface area is 76.5 Å². The molecule has 0 amide bonds. The molecule has 0 radical (unpaired) electrons. The molecule has 64 valence electrons. The predicted octanol–water partition coefficient (Wildman–Crippen LogP) is 2.55. The molecule has 0 saturated heterocycles. The Hall–Kier alpha value is -0.730. The summed E-state index contributed by atoms with van der Waals surface area (Å²) < 4.78 is 5.24. The van der Waals surface area contributed by atoms with Gasteiger partial charge >= 0.3 is 0 Å². The number of hydrogen-bond donors (Lipinski definition) is 1. The number of halogens is 1. The molecule has 0 spiro atoms. The van der Waals surface area contributed by atoms with E-state index in [2.05, 4.69) is 5.32 Å². The molecule has 0 bridgehead atoms. The van der Waals surface area contributed by atoms with Gasteiger partial charge < -0.3 is 10.1 Å². The van der Waals surface area contributed by atoms with Gasteiger partial charge in [0.1, 0.15) is 6.73 Å². The summed E-state index contributed by atoms with van der Waals surface area (Å²) in [4.78, 5) is 0. The number of rotatable bonds is 0. The molecule has 0 saturated carbocycles. The highest BCUT2D eigenvalue weighted by atomic mass is 35.5. The summed E-state index contributed by atoms with van der Waals surface area (Å²) in [5, 5.41) is 3.95. The fraction of sp³-hybridized carbons (Fsp3) is 0.333. The van der Waals surface area contributed by atoms with Crippen molar-refractivity contribution in [1.29, 1.82) is 0 Å². The van der Waals surface area contributed by atoms with Gasteiger partial charge in [0.25, 0.3) is 0 Å². The number of benzene rings is 1. The van der Waals surface area contributed by atoms with Gasteiger partial charge in [-0.3, -0.25) is 0 Å². The van der Waals surface area contributed by atoms with Crippen LogP contribution in [0, 0.1) is 6.92 Å². The standard InChI is InChI=1S/C9H10ClNO/c1-6-2-8(10)3-7-4-12-5-11-9(6)7/h2-3,11H,4-5H2,1H3. The smallest absolute Gasteiger partial charge is 0.116 e. The van der Waals surface area contributed by atoms with E-state index in [1.165, 1.54) is 11.3 Å². The Bertz CT molecular complexity index is 312. The summed E-state index contributed by atoms with van der Waals surface area (Å²) in [6.45, 7) is 3.29. The number of ether oxygens (including phenoxy) is 1. The lowest BCUT2D eigenvalue weighted by Crippen LogP contribution is -2.15. The zero-order valence-corrected chi connectivity index (χ0v) is 7.61. The Morgan fingerprint density at radius 1 is 1.50 bits per heavy atom. The summed E-state index contributed by atoms with van der Waals surface area (Å²) in [7, 11) is 0. The average molecular weight is 184 g/mol. The van der Waals surface area contributed by atoms with Gasteiger partial charge in [0, 0.05) is 16.3 Å². The summed E-state index contributed by atoms with van der Waals surface area (Å²) >= 11 is 5.90. The molecule has 0 aromatic heterocycles. The van der Waals surface area contributed by atoms with E-state index in [1.54, 1.807) is 0 Å². The first-order valence-corrected chi connectivity index (χ1v) is 4.26. The number of anilines is 1. The first-order valence-electron chi connectivity index (χ1n) is 3.88. The first-order chi connectivity index (χ1) is 5.77. The van der Waals surface area contributed by atoms with Crippen LogP contribution in [0.2, 0.25) is 5.02 Å². The molecule has 1 aliphatic rings. The van der Waals surface area contributed by atoms with Crippen LogP contribution < -0.4 is 5.32 Å². The summed E-state index contributed by atoms with van der Waals surface area (Å²) in [5.74, 6) is 0. The van der Waals surface area contributed by atoms with Crippen molar-refractivity contribution in [2.24, 2.45) is 0 Å². The topological polar surface area (TPSA) is 21.3 Å². The summed E-state index contributed by atoms with van der Waals surface area (Å²) in [5.41, 5.74) is 3.50. The largest absolute Gasteiger partial charge is 0.362 e. The van der Waals surface area contributed by atoms with Gasteiger partial charge in [0.15, 0.2) is 0 Å². The third-order valence-corrected chi connectivity index (χ3v) is 2.21. The van der Waals surface area contributed by atoms with Crippen molar-refractivity contribution < 1.29 is 4.74 Å². The predicted molar refractivity (Wildman–Crippen MR) is 49.5 cm³/mol. The second-order valence-corrected chi connectivity index (χ2v) is 3.36. The van der Waals surface area contributed by atoms with Crippen LogP contribution in [-0.2, 0) is 11.3 Å². The molecule has 1 aromatic rings. The normalized spacial score (nSPS) is 15.2. The lowest BCUT2D eigenvalue weighted by Gasteiger charge is -2.20. The van der Waals surface area contributed by atoms with Crippen LogP contribution in [0.15, 0.2) is 12.1 Å². The Kier molecular flexibility index (Phi) is 1.95. The van der Waals surface area contributed by atoms with Crippen molar-refractivity contribution in [2.75, 3.05) is 12.0 Å². The minimum Gasteiger partial charge on any atom is -0.362 e. The molecule has 12 heavy (non-hydrogen) atoms. The minimum absolute atomic E-state index is 0.593. The van der Waals surface area contributed by atoms with Crippen LogP contribution in [0.4, 0.5) is 5.69 Å². The van der Waals surface area contributed by atoms with Gasteiger partial charge in [-0.25, -0.2) is 0 Å². The molecular weight excluding hydrogens is 174 g/mol. The zero-order chi connectivity index (χ0) is 8.55. The van der Waals surface area contributed by atoms with E-state index < -0.39 is 0 Å². The summed E-state index contributed by atoms with van der Waals surface area (Å²) in [6.07, 6.45) is 0. The van der Waals surface area contributed by atoms with Gasteiger partial charge in [-0.2, -0.15) is 0 Å². The highest BCUT2D eigenvalue weighted by Gasteiger charge is 2.11. The van der Waals surface area contributed by atoms with E-state index in [0.717, 1.165) is 10.6 Å². The van der Waals surface area contributed by atoms with E-state index in [9.17, 15) is 0 Å². The molecule has 2 nitrogen and oxygen atoms in total. The zero-order valence-electron chi connectivity index (χ0n) is 6.86. The molecule has 0 fully saturated rings. The lowest BCUT2D eigenvalue weighted by molar-refractivity contribution is 0.130. The molecule has 1 aliphatic heterocycles. The van der Waals surface area contributed by atoms with Crippen molar-refractivity contribution >= 4 is 17.3 Å². The first kappa shape index (κ1) is 7.90. The number of hydrogen-bond acceptors (Lipinski definition) is 2. The monoisotopic (exact) mass is 183 g/mol. The van der Waals surface area contributed by atoms with Crippen LogP contribution in [0.25, 0.3) is 0 Å². The SMILES string of the molecule is Cc1cc(Cl)cc2c1NCOC2. The number of fused-ring (bicyclic) bond motifs is 1. The molecule has 3 heteroatoms. The quantitative estimate of drug-likeness (QED) is 0.668. The fourth-order valence-corrected chi connectivity index (χ4v) is 1.76. The highest BCUT2D eigenvalue weighted by molar-refractivity contribution is 6.30. The molecule has 2 rings (SSSR count). The van der Waals surface area contributed by atoms with Gasteiger partial charge in [0.2, 0.25) is 0 Å². The molecule has 0 atom stereocenters. The Balaban J connectivity index is 2.53. The van der Waals surface area contributed by atoms with E-state index >= 15 is 0 Å². The van der Waals surface area contributed by atoms with Crippen LogP contribution >= 0.6 is 11.6 Å². The third kappa shape index (κ3) is 1.28. The molecule has 1 N–H and O–H groups in total. The minimum atomic E-state index is 0.593. The number of aryl methyl sites for hydroxylation is 1. The Morgan fingerprint density at radius 3 is 3.17 bits per heavy atom. The second kappa shape index (κ2) is 2.96.